The predicted octanol–water partition coefficient (Wildman–Crippen LogP) is 2.19. The molecule has 0 atom stereocenters. The van der Waals surface area contributed by atoms with Crippen LogP contribution in [-0.4, -0.2) is 29.6 Å². The van der Waals surface area contributed by atoms with Crippen molar-refractivity contribution in [3.05, 3.63) is 29.8 Å². The van der Waals surface area contributed by atoms with E-state index in [1.165, 1.54) is 5.56 Å². The molecule has 4 heteroatoms. The molecular weight excluding hydrogens is 232 g/mol. The Hall–Kier alpha value is -1.13. The summed E-state index contributed by atoms with van der Waals surface area (Å²) in [6.07, 6.45) is 0. The van der Waals surface area contributed by atoms with Crippen molar-refractivity contribution in [2.24, 2.45) is 5.73 Å². The summed E-state index contributed by atoms with van der Waals surface area (Å²) in [6.45, 7) is 5.74. The third-order valence-electron chi connectivity index (χ3n) is 2.61. The van der Waals surface area contributed by atoms with Crippen LogP contribution < -0.4 is 10.5 Å². The zero-order chi connectivity index (χ0) is 12.8. The van der Waals surface area contributed by atoms with Gasteiger partial charge in [0, 0.05) is 19.1 Å². The van der Waals surface area contributed by atoms with Gasteiger partial charge in [-0.2, -0.15) is 0 Å². The molecule has 0 saturated heterocycles. The number of hydrogen-bond donors (Lipinski definition) is 1. The fourth-order valence-corrected chi connectivity index (χ4v) is 1.79. The van der Waals surface area contributed by atoms with Crippen LogP contribution in [0.2, 0.25) is 0 Å². The fourth-order valence-electron chi connectivity index (χ4n) is 1.63. The third-order valence-corrected chi connectivity index (χ3v) is 2.74. The number of hydrogen-bond acceptors (Lipinski definition) is 3. The lowest BCUT2D eigenvalue weighted by molar-refractivity contribution is 0.245. The first-order valence-electron chi connectivity index (χ1n) is 5.68. The predicted molar refractivity (Wildman–Crippen MR) is 75.3 cm³/mol. The van der Waals surface area contributed by atoms with Crippen molar-refractivity contribution in [2.75, 3.05) is 13.7 Å². The van der Waals surface area contributed by atoms with Gasteiger partial charge in [0.15, 0.2) is 0 Å². The Morgan fingerprint density at radius 3 is 2.71 bits per heavy atom. The smallest absolute Gasteiger partial charge is 0.119 e. The van der Waals surface area contributed by atoms with Crippen LogP contribution in [0.5, 0.6) is 5.75 Å². The molecule has 3 nitrogen and oxygen atoms in total. The molecule has 0 aromatic heterocycles. The number of benzene rings is 1. The highest BCUT2D eigenvalue weighted by atomic mass is 32.1. The Labute approximate surface area is 109 Å². The fraction of sp³-hybridized carbons (Fsp3) is 0.462. The quantitative estimate of drug-likeness (QED) is 0.788. The second-order valence-corrected chi connectivity index (χ2v) is 4.84. The van der Waals surface area contributed by atoms with Gasteiger partial charge in [-0.05, 0) is 31.5 Å². The van der Waals surface area contributed by atoms with Gasteiger partial charge < -0.3 is 10.5 Å². The van der Waals surface area contributed by atoms with Crippen molar-refractivity contribution in [2.45, 2.75) is 26.4 Å². The van der Waals surface area contributed by atoms with Crippen molar-refractivity contribution in [1.82, 2.24) is 4.90 Å². The van der Waals surface area contributed by atoms with E-state index in [0.29, 0.717) is 17.6 Å². The summed E-state index contributed by atoms with van der Waals surface area (Å²) in [6, 6.07) is 8.46. The molecule has 0 aliphatic carbocycles. The first kappa shape index (κ1) is 13.9. The van der Waals surface area contributed by atoms with Gasteiger partial charge >= 0.3 is 0 Å². The molecule has 1 rings (SSSR count). The number of nitrogens with zero attached hydrogens (tertiary/aromatic N) is 1. The van der Waals surface area contributed by atoms with Crippen molar-refractivity contribution in [1.29, 1.82) is 0 Å². The van der Waals surface area contributed by atoms with E-state index in [1.54, 1.807) is 7.11 Å². The molecule has 0 heterocycles. The highest BCUT2D eigenvalue weighted by molar-refractivity contribution is 7.80. The van der Waals surface area contributed by atoms with Crippen LogP contribution >= 0.6 is 12.2 Å². The van der Waals surface area contributed by atoms with Gasteiger partial charge in [-0.1, -0.05) is 24.4 Å². The zero-order valence-electron chi connectivity index (χ0n) is 10.6. The Bertz CT molecular complexity index is 379. The lowest BCUT2D eigenvalue weighted by Crippen LogP contribution is -2.37. The Morgan fingerprint density at radius 1 is 1.47 bits per heavy atom. The SMILES string of the molecule is COc1cccc(CN(CC(N)=S)C(C)C)c1. The Kier molecular flexibility index (Phi) is 5.38. The lowest BCUT2D eigenvalue weighted by atomic mass is 10.2. The molecule has 0 saturated carbocycles. The van der Waals surface area contributed by atoms with E-state index in [9.17, 15) is 0 Å². The van der Waals surface area contributed by atoms with Gasteiger partial charge in [-0.3, -0.25) is 4.90 Å². The van der Waals surface area contributed by atoms with Gasteiger partial charge in [0.05, 0.1) is 12.1 Å². The van der Waals surface area contributed by atoms with Gasteiger partial charge in [0.25, 0.3) is 0 Å². The molecule has 0 radical (unpaired) electrons. The monoisotopic (exact) mass is 252 g/mol. The molecule has 0 amide bonds. The molecule has 0 aliphatic rings. The number of thiocarbonyl (C=S) groups is 1. The maximum atomic E-state index is 5.61. The summed E-state index contributed by atoms with van der Waals surface area (Å²) >= 11 is 4.97. The number of nitrogens with two attached hydrogens (primary N) is 1. The summed E-state index contributed by atoms with van der Waals surface area (Å²) in [5.74, 6) is 0.876. The lowest BCUT2D eigenvalue weighted by Gasteiger charge is -2.26. The van der Waals surface area contributed by atoms with Crippen LogP contribution in [0.15, 0.2) is 24.3 Å². The van der Waals surface area contributed by atoms with Crippen LogP contribution in [0, 0.1) is 0 Å². The maximum absolute atomic E-state index is 5.61. The highest BCUT2D eigenvalue weighted by Crippen LogP contribution is 2.15. The standard InChI is InChI=1S/C13H20N2OS/c1-10(2)15(9-13(14)17)8-11-5-4-6-12(7-11)16-3/h4-7,10H,8-9H2,1-3H3,(H2,14,17). The third kappa shape index (κ3) is 4.71. The average Bonchev–Trinajstić information content (AvgIpc) is 2.27. The van der Waals surface area contributed by atoms with Gasteiger partial charge in [-0.15, -0.1) is 0 Å². The zero-order valence-corrected chi connectivity index (χ0v) is 11.5. The van der Waals surface area contributed by atoms with E-state index < -0.39 is 0 Å². The number of ether oxygens (including phenoxy) is 1. The summed E-state index contributed by atoms with van der Waals surface area (Å²) < 4.78 is 5.21. The van der Waals surface area contributed by atoms with Crippen molar-refractivity contribution in [3.8, 4) is 5.75 Å². The largest absolute Gasteiger partial charge is 0.497 e. The molecule has 94 valence electrons. The minimum Gasteiger partial charge on any atom is -0.497 e. The van der Waals surface area contributed by atoms with Gasteiger partial charge in [-0.25, -0.2) is 0 Å². The maximum Gasteiger partial charge on any atom is 0.119 e. The Balaban J connectivity index is 2.74. The first-order valence-corrected chi connectivity index (χ1v) is 6.09. The molecule has 0 bridgehead atoms. The van der Waals surface area contributed by atoms with Crippen LogP contribution in [0.3, 0.4) is 0 Å². The number of rotatable bonds is 6. The number of methoxy groups -OCH3 is 1. The topological polar surface area (TPSA) is 38.5 Å². The summed E-state index contributed by atoms with van der Waals surface area (Å²) in [5, 5.41) is 0. The minimum atomic E-state index is 0.405. The molecular formula is C13H20N2OS. The van der Waals surface area contributed by atoms with E-state index in [2.05, 4.69) is 24.8 Å². The van der Waals surface area contributed by atoms with E-state index in [4.69, 9.17) is 22.7 Å². The van der Waals surface area contributed by atoms with E-state index in [1.807, 2.05) is 18.2 Å². The van der Waals surface area contributed by atoms with Crippen molar-refractivity contribution < 1.29 is 4.74 Å². The Morgan fingerprint density at radius 2 is 2.18 bits per heavy atom. The molecule has 2 N–H and O–H groups in total. The summed E-state index contributed by atoms with van der Waals surface area (Å²) in [7, 11) is 1.67. The van der Waals surface area contributed by atoms with Crippen LogP contribution in [-0.2, 0) is 6.54 Å². The second kappa shape index (κ2) is 6.57. The van der Waals surface area contributed by atoms with Gasteiger partial charge in [0.1, 0.15) is 5.75 Å². The van der Waals surface area contributed by atoms with Crippen LogP contribution in [0.4, 0.5) is 0 Å². The first-order chi connectivity index (χ1) is 8.02. The van der Waals surface area contributed by atoms with Crippen LogP contribution in [0.1, 0.15) is 19.4 Å². The normalized spacial score (nSPS) is 10.9. The van der Waals surface area contributed by atoms with Crippen molar-refractivity contribution in [3.63, 3.8) is 0 Å². The van der Waals surface area contributed by atoms with Crippen molar-refractivity contribution >= 4 is 17.2 Å². The molecule has 1 aromatic carbocycles. The van der Waals surface area contributed by atoms with Gasteiger partial charge in [0.2, 0.25) is 0 Å². The minimum absolute atomic E-state index is 0.405. The summed E-state index contributed by atoms with van der Waals surface area (Å²) in [5.41, 5.74) is 6.81. The molecule has 17 heavy (non-hydrogen) atoms. The van der Waals surface area contributed by atoms with E-state index in [-0.39, 0.29) is 0 Å². The average molecular weight is 252 g/mol. The molecule has 1 aromatic rings. The van der Waals surface area contributed by atoms with Crippen LogP contribution in [0.25, 0.3) is 0 Å². The second-order valence-electron chi connectivity index (χ2n) is 4.32. The molecule has 0 unspecified atom stereocenters. The van der Waals surface area contributed by atoms with E-state index in [0.717, 1.165) is 12.3 Å². The highest BCUT2D eigenvalue weighted by Gasteiger charge is 2.11. The summed E-state index contributed by atoms with van der Waals surface area (Å²) in [4.78, 5) is 2.76. The molecule has 0 spiro atoms. The molecule has 0 aliphatic heterocycles. The molecule has 0 fully saturated rings. The van der Waals surface area contributed by atoms with E-state index >= 15 is 0 Å².